The molecule has 0 atom stereocenters. The number of ether oxygens (including phenoxy) is 1. The highest BCUT2D eigenvalue weighted by molar-refractivity contribution is 7.80. The minimum atomic E-state index is 0.324. The zero-order valence-electron chi connectivity index (χ0n) is 10.8. The second-order valence-corrected chi connectivity index (χ2v) is 4.62. The van der Waals surface area contributed by atoms with E-state index in [1.165, 1.54) is 0 Å². The van der Waals surface area contributed by atoms with Crippen molar-refractivity contribution >= 4 is 34.5 Å². The predicted octanol–water partition coefficient (Wildman–Crippen LogP) is 2.84. The lowest BCUT2D eigenvalue weighted by Gasteiger charge is -2.25. The van der Waals surface area contributed by atoms with Crippen molar-refractivity contribution in [2.45, 2.75) is 13.8 Å². The predicted molar refractivity (Wildman–Crippen MR) is 81.7 cm³/mol. The van der Waals surface area contributed by atoms with Gasteiger partial charge in [-0.05, 0) is 26.0 Å². The fraction of sp³-hybridized carbons (Fsp3) is 0.462. The van der Waals surface area contributed by atoms with Crippen LogP contribution in [0.2, 0.25) is 5.02 Å². The summed E-state index contributed by atoms with van der Waals surface area (Å²) < 4.78 is 5.38. The summed E-state index contributed by atoms with van der Waals surface area (Å²) in [6.07, 6.45) is 0. The lowest BCUT2D eigenvalue weighted by atomic mass is 10.1. The number of likely N-dealkylation sites (N-methyl/N-ethyl adjacent to an activating group) is 1. The molecule has 0 spiro atoms. The van der Waals surface area contributed by atoms with Gasteiger partial charge in [0.2, 0.25) is 0 Å². The van der Waals surface area contributed by atoms with Gasteiger partial charge in [0.1, 0.15) is 4.99 Å². The largest absolute Gasteiger partial charge is 0.389 e. The summed E-state index contributed by atoms with van der Waals surface area (Å²) in [6, 6.07) is 5.69. The Morgan fingerprint density at radius 2 is 2.17 bits per heavy atom. The molecule has 1 aromatic carbocycles. The van der Waals surface area contributed by atoms with E-state index in [9.17, 15) is 0 Å². The highest BCUT2D eigenvalue weighted by atomic mass is 35.5. The van der Waals surface area contributed by atoms with E-state index < -0.39 is 0 Å². The molecule has 1 rings (SSSR count). The van der Waals surface area contributed by atoms with Crippen LogP contribution in [0.25, 0.3) is 0 Å². The Morgan fingerprint density at radius 1 is 1.44 bits per heavy atom. The topological polar surface area (TPSA) is 38.5 Å². The van der Waals surface area contributed by atoms with Crippen LogP contribution in [0.15, 0.2) is 18.2 Å². The SMILES string of the molecule is CCOCCN(CC)c1cccc(Cl)c1C(N)=S. The Bertz CT molecular complexity index is 412. The van der Waals surface area contributed by atoms with Gasteiger partial charge in [-0.2, -0.15) is 0 Å². The van der Waals surface area contributed by atoms with Gasteiger partial charge >= 0.3 is 0 Å². The van der Waals surface area contributed by atoms with Crippen molar-refractivity contribution in [3.05, 3.63) is 28.8 Å². The van der Waals surface area contributed by atoms with E-state index in [1.807, 2.05) is 19.1 Å². The van der Waals surface area contributed by atoms with Gasteiger partial charge in [0.25, 0.3) is 0 Å². The molecule has 0 saturated carbocycles. The van der Waals surface area contributed by atoms with Crippen molar-refractivity contribution in [3.63, 3.8) is 0 Å². The van der Waals surface area contributed by atoms with Gasteiger partial charge in [-0.15, -0.1) is 0 Å². The molecule has 0 aliphatic heterocycles. The molecule has 1 aromatic rings. The van der Waals surface area contributed by atoms with E-state index in [-0.39, 0.29) is 0 Å². The number of hydrogen-bond donors (Lipinski definition) is 1. The van der Waals surface area contributed by atoms with Crippen LogP contribution in [0.3, 0.4) is 0 Å². The third-order valence-electron chi connectivity index (χ3n) is 2.67. The third kappa shape index (κ3) is 3.83. The van der Waals surface area contributed by atoms with Gasteiger partial charge < -0.3 is 15.4 Å². The second kappa shape index (κ2) is 7.56. The third-order valence-corrected chi connectivity index (χ3v) is 3.19. The van der Waals surface area contributed by atoms with Crippen LogP contribution in [-0.2, 0) is 4.74 Å². The summed E-state index contributed by atoms with van der Waals surface area (Å²) >= 11 is 11.2. The zero-order chi connectivity index (χ0) is 13.5. The maximum absolute atomic E-state index is 6.16. The fourth-order valence-corrected chi connectivity index (χ4v) is 2.33. The summed E-state index contributed by atoms with van der Waals surface area (Å²) in [4.78, 5) is 2.49. The zero-order valence-corrected chi connectivity index (χ0v) is 12.4. The van der Waals surface area contributed by atoms with Gasteiger partial charge in [-0.25, -0.2) is 0 Å². The number of hydrogen-bond acceptors (Lipinski definition) is 3. The molecule has 2 N–H and O–H groups in total. The molecule has 18 heavy (non-hydrogen) atoms. The first-order valence-electron chi connectivity index (χ1n) is 6.02. The van der Waals surface area contributed by atoms with Gasteiger partial charge in [0.05, 0.1) is 17.2 Å². The quantitative estimate of drug-likeness (QED) is 0.618. The number of thiocarbonyl (C=S) groups is 1. The Morgan fingerprint density at radius 3 is 2.72 bits per heavy atom. The highest BCUT2D eigenvalue weighted by Gasteiger charge is 2.14. The van der Waals surface area contributed by atoms with E-state index in [4.69, 9.17) is 34.3 Å². The Balaban J connectivity index is 2.98. The number of rotatable bonds is 7. The summed E-state index contributed by atoms with van der Waals surface area (Å²) in [7, 11) is 0. The first kappa shape index (κ1) is 15.2. The standard InChI is InChI=1S/C13H19ClN2OS/c1-3-16(8-9-17-4-2)11-7-5-6-10(14)12(11)13(15)18/h5-7H,3-4,8-9H2,1-2H3,(H2,15,18). The van der Waals surface area contributed by atoms with Crippen LogP contribution in [0.5, 0.6) is 0 Å². The van der Waals surface area contributed by atoms with Crippen LogP contribution in [0, 0.1) is 0 Å². The monoisotopic (exact) mass is 286 g/mol. The van der Waals surface area contributed by atoms with Crippen molar-refractivity contribution in [2.75, 3.05) is 31.2 Å². The molecule has 3 nitrogen and oxygen atoms in total. The average molecular weight is 287 g/mol. The minimum Gasteiger partial charge on any atom is -0.389 e. The van der Waals surface area contributed by atoms with Crippen molar-refractivity contribution in [2.24, 2.45) is 5.73 Å². The Hall–Kier alpha value is -0.840. The van der Waals surface area contributed by atoms with E-state index in [0.29, 0.717) is 16.6 Å². The Kier molecular flexibility index (Phi) is 6.39. The second-order valence-electron chi connectivity index (χ2n) is 3.77. The Labute approximate surface area is 119 Å². The molecular weight excluding hydrogens is 268 g/mol. The summed E-state index contributed by atoms with van der Waals surface area (Å²) in [5.41, 5.74) is 7.46. The molecule has 5 heteroatoms. The molecular formula is C13H19ClN2OS. The summed E-state index contributed by atoms with van der Waals surface area (Å²) in [5.74, 6) is 0. The molecule has 0 fully saturated rings. The maximum atomic E-state index is 6.16. The van der Waals surface area contributed by atoms with Gasteiger partial charge in [0, 0.05) is 25.4 Å². The summed E-state index contributed by atoms with van der Waals surface area (Å²) in [6.45, 7) is 7.10. The number of benzene rings is 1. The van der Waals surface area contributed by atoms with Crippen LogP contribution in [0.1, 0.15) is 19.4 Å². The van der Waals surface area contributed by atoms with E-state index in [0.717, 1.165) is 30.9 Å². The van der Waals surface area contributed by atoms with Gasteiger partial charge in [-0.3, -0.25) is 0 Å². The van der Waals surface area contributed by atoms with Crippen molar-refractivity contribution < 1.29 is 4.74 Å². The molecule has 0 unspecified atom stereocenters. The number of nitrogens with zero attached hydrogens (tertiary/aromatic N) is 1. The molecule has 0 bridgehead atoms. The lowest BCUT2D eigenvalue weighted by molar-refractivity contribution is 0.154. The number of halogens is 1. The first-order chi connectivity index (χ1) is 8.61. The van der Waals surface area contributed by atoms with Crippen molar-refractivity contribution in [1.82, 2.24) is 0 Å². The molecule has 0 heterocycles. The smallest absolute Gasteiger partial charge is 0.107 e. The van der Waals surface area contributed by atoms with Crippen LogP contribution < -0.4 is 10.6 Å². The van der Waals surface area contributed by atoms with Gasteiger partial charge in [0.15, 0.2) is 0 Å². The highest BCUT2D eigenvalue weighted by Crippen LogP contribution is 2.27. The normalized spacial score (nSPS) is 10.4. The number of anilines is 1. The fourth-order valence-electron chi connectivity index (χ4n) is 1.79. The van der Waals surface area contributed by atoms with E-state index >= 15 is 0 Å². The molecule has 0 aliphatic carbocycles. The molecule has 0 aromatic heterocycles. The summed E-state index contributed by atoms with van der Waals surface area (Å²) in [5, 5.41) is 0.592. The van der Waals surface area contributed by atoms with Crippen molar-refractivity contribution in [3.8, 4) is 0 Å². The van der Waals surface area contributed by atoms with Crippen LogP contribution >= 0.6 is 23.8 Å². The lowest BCUT2D eigenvalue weighted by Crippen LogP contribution is -2.29. The van der Waals surface area contributed by atoms with Gasteiger partial charge in [-0.1, -0.05) is 29.9 Å². The number of nitrogens with two attached hydrogens (primary N) is 1. The van der Waals surface area contributed by atoms with Crippen molar-refractivity contribution in [1.29, 1.82) is 0 Å². The first-order valence-corrected chi connectivity index (χ1v) is 6.81. The molecule has 0 radical (unpaired) electrons. The van der Waals surface area contributed by atoms with E-state index in [1.54, 1.807) is 6.07 Å². The molecule has 0 aliphatic rings. The van der Waals surface area contributed by atoms with E-state index in [2.05, 4.69) is 11.8 Å². The van der Waals surface area contributed by atoms with Crippen LogP contribution in [0.4, 0.5) is 5.69 Å². The average Bonchev–Trinajstić information content (AvgIpc) is 2.34. The molecule has 100 valence electrons. The molecule has 0 amide bonds. The van der Waals surface area contributed by atoms with Crippen LogP contribution in [-0.4, -0.2) is 31.3 Å². The maximum Gasteiger partial charge on any atom is 0.107 e. The molecule has 0 saturated heterocycles. The minimum absolute atomic E-state index is 0.324.